The summed E-state index contributed by atoms with van der Waals surface area (Å²) in [4.78, 5) is 3.86. The maximum Gasteiger partial charge on any atom is 0.417 e. The van der Waals surface area contributed by atoms with E-state index in [1.165, 1.54) is 10.9 Å². The minimum atomic E-state index is -4.39. The van der Waals surface area contributed by atoms with Crippen LogP contribution in [0.5, 0.6) is 0 Å². The summed E-state index contributed by atoms with van der Waals surface area (Å²) in [6, 6.07) is 10.2. The van der Waals surface area contributed by atoms with Crippen molar-refractivity contribution in [1.29, 1.82) is 0 Å². The van der Waals surface area contributed by atoms with Crippen LogP contribution in [0.1, 0.15) is 5.56 Å². The number of rotatable bonds is 1. The summed E-state index contributed by atoms with van der Waals surface area (Å²) in [5, 5.41) is 4.44. The number of pyridine rings is 1. The summed E-state index contributed by atoms with van der Waals surface area (Å²) in [6.07, 6.45) is -2.19. The van der Waals surface area contributed by atoms with Crippen LogP contribution in [0.25, 0.3) is 16.7 Å². The standard InChI is InChI=1S/C13H8F3N3/c14-13(15,16)10-6-9-7-18-19(12(9)17-8-10)11-4-2-1-3-5-11/h1-8H. The van der Waals surface area contributed by atoms with E-state index in [0.717, 1.165) is 18.0 Å². The number of para-hydroxylation sites is 1. The first-order valence-corrected chi connectivity index (χ1v) is 5.52. The van der Waals surface area contributed by atoms with Gasteiger partial charge in [0, 0.05) is 11.6 Å². The van der Waals surface area contributed by atoms with Gasteiger partial charge in [0.15, 0.2) is 5.65 Å². The zero-order chi connectivity index (χ0) is 13.5. The molecule has 0 radical (unpaired) electrons. The van der Waals surface area contributed by atoms with Crippen LogP contribution in [-0.2, 0) is 6.18 Å². The third-order valence-electron chi connectivity index (χ3n) is 2.74. The lowest BCUT2D eigenvalue weighted by Gasteiger charge is -2.06. The molecule has 19 heavy (non-hydrogen) atoms. The van der Waals surface area contributed by atoms with Gasteiger partial charge in [0.05, 0.1) is 17.4 Å². The van der Waals surface area contributed by atoms with Gasteiger partial charge in [0.2, 0.25) is 0 Å². The fourth-order valence-electron chi connectivity index (χ4n) is 1.83. The molecule has 6 heteroatoms. The van der Waals surface area contributed by atoms with Gasteiger partial charge in [-0.2, -0.15) is 18.3 Å². The quantitative estimate of drug-likeness (QED) is 0.673. The van der Waals surface area contributed by atoms with Gasteiger partial charge >= 0.3 is 6.18 Å². The fraction of sp³-hybridized carbons (Fsp3) is 0.0769. The molecule has 0 unspecified atom stereocenters. The Hall–Kier alpha value is -2.37. The summed E-state index contributed by atoms with van der Waals surface area (Å²) < 4.78 is 39.2. The van der Waals surface area contributed by atoms with E-state index in [9.17, 15) is 13.2 Å². The number of hydrogen-bond donors (Lipinski definition) is 0. The van der Waals surface area contributed by atoms with Crippen LogP contribution in [0.3, 0.4) is 0 Å². The summed E-state index contributed by atoms with van der Waals surface area (Å²) in [5.41, 5.74) is 0.386. The first-order chi connectivity index (χ1) is 9.05. The summed E-state index contributed by atoms with van der Waals surface area (Å²) in [7, 11) is 0. The molecule has 3 aromatic rings. The van der Waals surface area contributed by atoms with E-state index in [2.05, 4.69) is 10.1 Å². The number of benzene rings is 1. The molecule has 0 saturated carbocycles. The minimum Gasteiger partial charge on any atom is -0.236 e. The van der Waals surface area contributed by atoms with Crippen LogP contribution < -0.4 is 0 Å². The van der Waals surface area contributed by atoms with Crippen LogP contribution in [0.15, 0.2) is 48.8 Å². The van der Waals surface area contributed by atoms with Crippen LogP contribution in [0.4, 0.5) is 13.2 Å². The van der Waals surface area contributed by atoms with Crippen molar-refractivity contribution < 1.29 is 13.2 Å². The third-order valence-corrected chi connectivity index (χ3v) is 2.74. The Morgan fingerprint density at radius 1 is 1.00 bits per heavy atom. The molecule has 0 aliphatic rings. The van der Waals surface area contributed by atoms with E-state index < -0.39 is 11.7 Å². The monoisotopic (exact) mass is 263 g/mol. The van der Waals surface area contributed by atoms with Crippen LogP contribution in [0.2, 0.25) is 0 Å². The molecule has 2 aromatic heterocycles. The van der Waals surface area contributed by atoms with Crippen molar-refractivity contribution >= 4 is 11.0 Å². The molecule has 0 aliphatic carbocycles. The van der Waals surface area contributed by atoms with Crippen molar-refractivity contribution in [2.75, 3.05) is 0 Å². The van der Waals surface area contributed by atoms with Crippen molar-refractivity contribution in [3.8, 4) is 5.69 Å². The molecule has 0 N–H and O–H groups in total. The number of aromatic nitrogens is 3. The lowest BCUT2D eigenvalue weighted by molar-refractivity contribution is -0.137. The number of nitrogens with zero attached hydrogens (tertiary/aromatic N) is 3. The topological polar surface area (TPSA) is 30.7 Å². The molecule has 0 fully saturated rings. The molecule has 0 bridgehead atoms. The summed E-state index contributed by atoms with van der Waals surface area (Å²) in [5.74, 6) is 0. The molecule has 3 nitrogen and oxygen atoms in total. The van der Waals surface area contributed by atoms with Gasteiger partial charge in [0.1, 0.15) is 0 Å². The molecule has 96 valence electrons. The van der Waals surface area contributed by atoms with Gasteiger partial charge in [-0.25, -0.2) is 9.67 Å². The van der Waals surface area contributed by atoms with Gasteiger partial charge in [-0.05, 0) is 18.2 Å². The van der Waals surface area contributed by atoms with Gasteiger partial charge in [-0.15, -0.1) is 0 Å². The predicted molar refractivity (Wildman–Crippen MR) is 63.9 cm³/mol. The van der Waals surface area contributed by atoms with Crippen LogP contribution in [0, 0.1) is 0 Å². The zero-order valence-electron chi connectivity index (χ0n) is 9.59. The Labute approximate surface area is 106 Å². The van der Waals surface area contributed by atoms with Crippen molar-refractivity contribution in [1.82, 2.24) is 14.8 Å². The smallest absolute Gasteiger partial charge is 0.236 e. The molecule has 0 aliphatic heterocycles. The molecule has 0 atom stereocenters. The highest BCUT2D eigenvalue weighted by atomic mass is 19.4. The maximum absolute atomic E-state index is 12.6. The predicted octanol–water partition coefficient (Wildman–Crippen LogP) is 3.44. The third kappa shape index (κ3) is 2.05. The van der Waals surface area contributed by atoms with Gasteiger partial charge in [-0.3, -0.25) is 0 Å². The lowest BCUT2D eigenvalue weighted by Crippen LogP contribution is -2.05. The fourth-order valence-corrected chi connectivity index (χ4v) is 1.83. The second-order valence-electron chi connectivity index (χ2n) is 4.03. The van der Waals surface area contributed by atoms with Crippen molar-refractivity contribution in [2.24, 2.45) is 0 Å². The van der Waals surface area contributed by atoms with Gasteiger partial charge in [0.25, 0.3) is 0 Å². The molecule has 3 rings (SSSR count). The Kier molecular flexibility index (Phi) is 2.51. The SMILES string of the molecule is FC(F)(F)c1cnc2c(cnn2-c2ccccc2)c1. The first-order valence-electron chi connectivity index (χ1n) is 5.52. The average Bonchev–Trinajstić information content (AvgIpc) is 2.81. The van der Waals surface area contributed by atoms with E-state index >= 15 is 0 Å². The molecular weight excluding hydrogens is 255 g/mol. The van der Waals surface area contributed by atoms with E-state index in [-0.39, 0.29) is 0 Å². The van der Waals surface area contributed by atoms with Crippen molar-refractivity contribution in [3.05, 3.63) is 54.4 Å². The van der Waals surface area contributed by atoms with E-state index in [1.54, 1.807) is 0 Å². The zero-order valence-corrected chi connectivity index (χ0v) is 9.59. The minimum absolute atomic E-state index is 0.360. The lowest BCUT2D eigenvalue weighted by atomic mass is 10.2. The first kappa shape index (κ1) is 11.7. The number of alkyl halides is 3. The van der Waals surface area contributed by atoms with Crippen molar-refractivity contribution in [3.63, 3.8) is 0 Å². The second-order valence-corrected chi connectivity index (χ2v) is 4.03. The largest absolute Gasteiger partial charge is 0.417 e. The number of fused-ring (bicyclic) bond motifs is 1. The number of halogens is 3. The average molecular weight is 263 g/mol. The normalized spacial score (nSPS) is 11.9. The van der Waals surface area contributed by atoms with Crippen LogP contribution in [-0.4, -0.2) is 14.8 Å². The Morgan fingerprint density at radius 2 is 1.74 bits per heavy atom. The summed E-state index contributed by atoms with van der Waals surface area (Å²) in [6.45, 7) is 0. The van der Waals surface area contributed by atoms with Gasteiger partial charge < -0.3 is 0 Å². The van der Waals surface area contributed by atoms with Crippen molar-refractivity contribution in [2.45, 2.75) is 6.18 Å². The molecular formula is C13H8F3N3. The number of hydrogen-bond acceptors (Lipinski definition) is 2. The Bertz CT molecular complexity index is 717. The molecule has 0 amide bonds. The van der Waals surface area contributed by atoms with Gasteiger partial charge in [-0.1, -0.05) is 18.2 Å². The highest BCUT2D eigenvalue weighted by Gasteiger charge is 2.31. The highest BCUT2D eigenvalue weighted by molar-refractivity contribution is 5.76. The van der Waals surface area contributed by atoms with E-state index in [4.69, 9.17) is 0 Å². The van der Waals surface area contributed by atoms with Crippen LogP contribution >= 0.6 is 0 Å². The summed E-state index contributed by atoms with van der Waals surface area (Å²) >= 11 is 0. The molecule has 2 heterocycles. The van der Waals surface area contributed by atoms with E-state index in [1.807, 2.05) is 30.3 Å². The molecule has 1 aromatic carbocycles. The Morgan fingerprint density at radius 3 is 2.42 bits per heavy atom. The Balaban J connectivity index is 2.16. The van der Waals surface area contributed by atoms with E-state index in [0.29, 0.717) is 11.0 Å². The second kappa shape index (κ2) is 4.08. The maximum atomic E-state index is 12.6. The molecule has 0 spiro atoms. The highest BCUT2D eigenvalue weighted by Crippen LogP contribution is 2.30. The molecule has 0 saturated heterocycles.